The summed E-state index contributed by atoms with van der Waals surface area (Å²) < 4.78 is 11.8. The fourth-order valence-corrected chi connectivity index (χ4v) is 3.96. The Labute approximate surface area is 180 Å². The van der Waals surface area contributed by atoms with E-state index in [0.29, 0.717) is 30.4 Å². The Balaban J connectivity index is 1.96. The molecule has 1 aliphatic heterocycles. The van der Waals surface area contributed by atoms with Gasteiger partial charge in [-0.05, 0) is 44.5 Å². The van der Waals surface area contributed by atoms with Gasteiger partial charge in [-0.1, -0.05) is 29.8 Å². The highest BCUT2D eigenvalue weighted by atomic mass is 16.5. The average Bonchev–Trinajstić information content (AvgIpc) is 3.02. The number of benzene rings is 3. The second-order valence-electron chi connectivity index (χ2n) is 7.31. The first-order valence-electron chi connectivity index (χ1n) is 10.3. The van der Waals surface area contributed by atoms with Gasteiger partial charge in [0, 0.05) is 17.2 Å². The van der Waals surface area contributed by atoms with Crippen molar-refractivity contribution in [3.8, 4) is 11.5 Å². The number of hydrogen-bond acceptors (Lipinski definition) is 5. The third-order valence-electron chi connectivity index (χ3n) is 5.29. The lowest BCUT2D eigenvalue weighted by Gasteiger charge is -2.16. The summed E-state index contributed by atoms with van der Waals surface area (Å²) in [5, 5.41) is 1.48. The number of nitrogens with zero attached hydrogens (tertiary/aromatic N) is 1. The van der Waals surface area contributed by atoms with Gasteiger partial charge >= 0.3 is 0 Å². The van der Waals surface area contributed by atoms with Crippen molar-refractivity contribution < 1.29 is 23.9 Å². The fraction of sp³-hybridized carbons (Fsp3) is 0.240. The molecule has 0 N–H and O–H groups in total. The molecule has 3 aromatic carbocycles. The van der Waals surface area contributed by atoms with Gasteiger partial charge in [0.2, 0.25) is 0 Å². The highest BCUT2D eigenvalue weighted by Crippen LogP contribution is 2.46. The summed E-state index contributed by atoms with van der Waals surface area (Å²) in [4.78, 5) is 38.9. The van der Waals surface area contributed by atoms with Gasteiger partial charge in [0.25, 0.3) is 11.8 Å². The number of anilines is 1. The molecule has 158 valence electrons. The minimum Gasteiger partial charge on any atom is -0.492 e. The zero-order chi connectivity index (χ0) is 22.1. The predicted octanol–water partition coefficient (Wildman–Crippen LogP) is 4.49. The summed E-state index contributed by atoms with van der Waals surface area (Å²) in [5.41, 5.74) is 2.71. The number of hydrogen-bond donors (Lipinski definition) is 0. The molecule has 6 heteroatoms. The van der Waals surface area contributed by atoms with E-state index in [1.807, 2.05) is 39.0 Å². The highest BCUT2D eigenvalue weighted by Gasteiger charge is 2.43. The molecule has 0 aromatic heterocycles. The summed E-state index contributed by atoms with van der Waals surface area (Å²) >= 11 is 0. The maximum absolute atomic E-state index is 13.5. The van der Waals surface area contributed by atoms with Crippen LogP contribution in [0.15, 0.2) is 42.5 Å². The minimum absolute atomic E-state index is 0.226. The lowest BCUT2D eigenvalue weighted by Crippen LogP contribution is -2.29. The number of carbonyl (C=O) groups excluding carboxylic acids is 3. The van der Waals surface area contributed by atoms with Crippen molar-refractivity contribution in [2.24, 2.45) is 0 Å². The molecule has 0 saturated heterocycles. The molecule has 0 radical (unpaired) electrons. The molecule has 0 aliphatic carbocycles. The van der Waals surface area contributed by atoms with E-state index in [4.69, 9.17) is 9.47 Å². The van der Waals surface area contributed by atoms with Crippen LogP contribution in [0.1, 0.15) is 45.7 Å². The molecule has 0 spiro atoms. The van der Waals surface area contributed by atoms with Crippen molar-refractivity contribution in [2.45, 2.75) is 27.2 Å². The molecule has 31 heavy (non-hydrogen) atoms. The molecule has 0 atom stereocenters. The number of rotatable bonds is 7. The number of carbonyl (C=O) groups is 3. The Hall–Kier alpha value is -3.67. The van der Waals surface area contributed by atoms with Gasteiger partial charge in [0.05, 0.1) is 30.0 Å². The first-order chi connectivity index (χ1) is 15.0. The molecule has 0 unspecified atom stereocenters. The van der Waals surface area contributed by atoms with E-state index >= 15 is 0 Å². The SMILES string of the molecule is CCOc1c2c(c(OCC)c3cc(C)ccc13)C(=O)N(c1ccc(CC=O)cc1)C2=O. The predicted molar refractivity (Wildman–Crippen MR) is 118 cm³/mol. The van der Waals surface area contributed by atoms with Crippen LogP contribution < -0.4 is 14.4 Å². The molecule has 1 aliphatic rings. The van der Waals surface area contributed by atoms with Gasteiger partial charge in [0.15, 0.2) is 0 Å². The largest absolute Gasteiger partial charge is 0.492 e. The number of aryl methyl sites for hydroxylation is 1. The van der Waals surface area contributed by atoms with Crippen molar-refractivity contribution in [3.63, 3.8) is 0 Å². The normalized spacial score (nSPS) is 12.9. The van der Waals surface area contributed by atoms with Gasteiger partial charge in [-0.15, -0.1) is 0 Å². The van der Waals surface area contributed by atoms with Crippen LogP contribution in [0.2, 0.25) is 0 Å². The second-order valence-corrected chi connectivity index (χ2v) is 7.31. The molecule has 3 aromatic rings. The molecule has 6 nitrogen and oxygen atoms in total. The third kappa shape index (κ3) is 3.34. The van der Waals surface area contributed by atoms with Gasteiger partial charge in [-0.25, -0.2) is 4.90 Å². The molecule has 0 saturated carbocycles. The Bertz CT molecular complexity index is 1200. The van der Waals surface area contributed by atoms with Crippen molar-refractivity contribution in [3.05, 3.63) is 64.7 Å². The van der Waals surface area contributed by atoms with E-state index in [2.05, 4.69) is 0 Å². The van der Waals surface area contributed by atoms with Crippen LogP contribution in [0.4, 0.5) is 5.69 Å². The first-order valence-corrected chi connectivity index (χ1v) is 10.3. The number of amides is 2. The highest BCUT2D eigenvalue weighted by molar-refractivity contribution is 6.38. The average molecular weight is 417 g/mol. The number of imide groups is 1. The van der Waals surface area contributed by atoms with Crippen molar-refractivity contribution in [2.75, 3.05) is 18.1 Å². The first kappa shape index (κ1) is 20.6. The molecule has 1 heterocycles. The third-order valence-corrected chi connectivity index (χ3v) is 5.29. The lowest BCUT2D eigenvalue weighted by atomic mass is 9.97. The van der Waals surface area contributed by atoms with E-state index in [0.717, 1.165) is 33.1 Å². The standard InChI is InChI=1S/C25H23NO5/c1-4-30-22-18-11-6-15(3)14-19(18)23(31-5-2)21-20(22)24(28)26(25(21)29)17-9-7-16(8-10-17)12-13-27/h6-11,13-14H,4-5,12H2,1-3H3. The van der Waals surface area contributed by atoms with E-state index in [1.165, 1.54) is 0 Å². The molecule has 2 amide bonds. The minimum atomic E-state index is -0.449. The molecule has 0 fully saturated rings. The van der Waals surface area contributed by atoms with Crippen LogP contribution in [-0.2, 0) is 11.2 Å². The maximum atomic E-state index is 13.5. The van der Waals surface area contributed by atoms with E-state index in [-0.39, 0.29) is 17.5 Å². The molecule has 4 rings (SSSR count). The summed E-state index contributed by atoms with van der Waals surface area (Å²) in [6, 6.07) is 12.6. The second kappa shape index (κ2) is 8.22. The van der Waals surface area contributed by atoms with Gasteiger partial charge < -0.3 is 14.3 Å². The van der Waals surface area contributed by atoms with Crippen molar-refractivity contribution >= 4 is 34.6 Å². The topological polar surface area (TPSA) is 72.9 Å². The van der Waals surface area contributed by atoms with Crippen LogP contribution in [-0.4, -0.2) is 31.3 Å². The number of ether oxygens (including phenoxy) is 2. The van der Waals surface area contributed by atoms with E-state index in [9.17, 15) is 14.4 Å². The Morgan fingerprint density at radius 1 is 0.839 bits per heavy atom. The molecule has 0 bridgehead atoms. The lowest BCUT2D eigenvalue weighted by molar-refractivity contribution is -0.107. The van der Waals surface area contributed by atoms with Crippen molar-refractivity contribution in [1.29, 1.82) is 0 Å². The van der Waals surface area contributed by atoms with Crippen LogP contribution in [0, 0.1) is 6.92 Å². The fourth-order valence-electron chi connectivity index (χ4n) is 3.96. The van der Waals surface area contributed by atoms with Crippen LogP contribution in [0.25, 0.3) is 10.8 Å². The summed E-state index contributed by atoms with van der Waals surface area (Å²) in [5.74, 6) is -0.0987. The summed E-state index contributed by atoms with van der Waals surface area (Å²) in [6.45, 7) is 6.35. The summed E-state index contributed by atoms with van der Waals surface area (Å²) in [7, 11) is 0. The van der Waals surface area contributed by atoms with E-state index in [1.54, 1.807) is 24.3 Å². The number of aldehydes is 1. The van der Waals surface area contributed by atoms with Crippen LogP contribution in [0.3, 0.4) is 0 Å². The quantitative estimate of drug-likeness (QED) is 0.418. The van der Waals surface area contributed by atoms with E-state index < -0.39 is 11.8 Å². The maximum Gasteiger partial charge on any atom is 0.270 e. The smallest absolute Gasteiger partial charge is 0.270 e. The number of fused-ring (bicyclic) bond motifs is 2. The molecular weight excluding hydrogens is 394 g/mol. The Kier molecular flexibility index (Phi) is 5.46. The van der Waals surface area contributed by atoms with Gasteiger partial charge in [-0.3, -0.25) is 9.59 Å². The molecular formula is C25H23NO5. The zero-order valence-electron chi connectivity index (χ0n) is 17.7. The van der Waals surface area contributed by atoms with Gasteiger partial charge in [-0.2, -0.15) is 0 Å². The van der Waals surface area contributed by atoms with Gasteiger partial charge in [0.1, 0.15) is 17.8 Å². The zero-order valence-corrected chi connectivity index (χ0v) is 17.7. The summed E-state index contributed by atoms with van der Waals surface area (Å²) in [6.07, 6.45) is 1.09. The van der Waals surface area contributed by atoms with Crippen LogP contribution >= 0.6 is 0 Å². The Morgan fingerprint density at radius 3 is 1.97 bits per heavy atom. The monoisotopic (exact) mass is 417 g/mol. The van der Waals surface area contributed by atoms with Crippen molar-refractivity contribution in [1.82, 2.24) is 0 Å². The Morgan fingerprint density at radius 2 is 1.42 bits per heavy atom. The van der Waals surface area contributed by atoms with Crippen LogP contribution in [0.5, 0.6) is 11.5 Å².